The highest BCUT2D eigenvalue weighted by molar-refractivity contribution is 6.00. The molecule has 76 valence electrons. The van der Waals surface area contributed by atoms with Gasteiger partial charge in [0.2, 0.25) is 0 Å². The summed E-state index contributed by atoms with van der Waals surface area (Å²) in [4.78, 5) is 11.5. The molecule has 14 heavy (non-hydrogen) atoms. The van der Waals surface area contributed by atoms with Crippen molar-refractivity contribution in [2.75, 3.05) is 6.61 Å². The van der Waals surface area contributed by atoms with E-state index in [-0.39, 0.29) is 5.78 Å². The highest BCUT2D eigenvalue weighted by Gasteiger charge is 2.22. The molecule has 2 atom stereocenters. The van der Waals surface area contributed by atoms with Gasteiger partial charge in [-0.25, -0.2) is 0 Å². The van der Waals surface area contributed by atoms with Crippen LogP contribution in [0, 0.1) is 0 Å². The maximum Gasteiger partial charge on any atom is 0.182 e. The van der Waals surface area contributed by atoms with Gasteiger partial charge < -0.3 is 15.9 Å². The molecule has 0 fully saturated rings. The van der Waals surface area contributed by atoms with Crippen LogP contribution in [0.15, 0.2) is 30.3 Å². The zero-order valence-electron chi connectivity index (χ0n) is 7.63. The number of ketones is 1. The Labute approximate surface area is 82.0 Å². The SMILES string of the molecule is N[C@@H](C(=O)c1ccccc1)[C@H](O)CO. The lowest BCUT2D eigenvalue weighted by atomic mass is 10.0. The molecule has 0 saturated heterocycles. The third-order valence-corrected chi connectivity index (χ3v) is 1.96. The van der Waals surface area contributed by atoms with Crippen molar-refractivity contribution < 1.29 is 15.0 Å². The molecule has 0 radical (unpaired) electrons. The van der Waals surface area contributed by atoms with E-state index in [4.69, 9.17) is 15.9 Å². The van der Waals surface area contributed by atoms with E-state index in [0.717, 1.165) is 0 Å². The minimum atomic E-state index is -1.21. The molecule has 0 aromatic heterocycles. The summed E-state index contributed by atoms with van der Waals surface area (Å²) >= 11 is 0. The Morgan fingerprint density at radius 1 is 1.36 bits per heavy atom. The van der Waals surface area contributed by atoms with Crippen molar-refractivity contribution in [3.05, 3.63) is 35.9 Å². The zero-order valence-corrected chi connectivity index (χ0v) is 7.63. The summed E-state index contributed by atoms with van der Waals surface area (Å²) in [5, 5.41) is 17.8. The summed E-state index contributed by atoms with van der Waals surface area (Å²) in [5.41, 5.74) is 5.88. The van der Waals surface area contributed by atoms with E-state index in [2.05, 4.69) is 0 Å². The van der Waals surface area contributed by atoms with Crippen molar-refractivity contribution in [1.82, 2.24) is 0 Å². The molecule has 4 nitrogen and oxygen atoms in total. The number of benzene rings is 1. The third-order valence-electron chi connectivity index (χ3n) is 1.96. The lowest BCUT2D eigenvalue weighted by molar-refractivity contribution is 0.0603. The second-order valence-corrected chi connectivity index (χ2v) is 3.01. The van der Waals surface area contributed by atoms with Gasteiger partial charge in [0.1, 0.15) is 0 Å². The van der Waals surface area contributed by atoms with Gasteiger partial charge in [0.05, 0.1) is 18.8 Å². The van der Waals surface area contributed by atoms with Crippen molar-refractivity contribution in [1.29, 1.82) is 0 Å². The first-order valence-electron chi connectivity index (χ1n) is 4.30. The van der Waals surface area contributed by atoms with Crippen molar-refractivity contribution >= 4 is 5.78 Å². The first-order chi connectivity index (χ1) is 6.66. The van der Waals surface area contributed by atoms with Gasteiger partial charge in [0.15, 0.2) is 5.78 Å². The van der Waals surface area contributed by atoms with E-state index < -0.39 is 18.8 Å². The van der Waals surface area contributed by atoms with Crippen molar-refractivity contribution in [3.8, 4) is 0 Å². The number of aliphatic hydroxyl groups excluding tert-OH is 2. The van der Waals surface area contributed by atoms with Crippen LogP contribution in [-0.4, -0.2) is 34.7 Å². The standard InChI is InChI=1S/C10H13NO3/c11-9(8(13)6-12)10(14)7-4-2-1-3-5-7/h1-5,8-9,12-13H,6,11H2/t8-,9-/m1/s1. The van der Waals surface area contributed by atoms with Crippen LogP contribution >= 0.6 is 0 Å². The number of carbonyl (C=O) groups excluding carboxylic acids is 1. The predicted octanol–water partition coefficient (Wildman–Crippen LogP) is -0.450. The van der Waals surface area contributed by atoms with Gasteiger partial charge in [-0.2, -0.15) is 0 Å². The molecule has 0 aliphatic rings. The summed E-state index contributed by atoms with van der Waals surface area (Å²) < 4.78 is 0. The third kappa shape index (κ3) is 2.38. The molecule has 4 N–H and O–H groups in total. The minimum Gasteiger partial charge on any atom is -0.394 e. The molecule has 0 bridgehead atoms. The highest BCUT2D eigenvalue weighted by atomic mass is 16.3. The molecule has 4 heteroatoms. The number of aliphatic hydroxyl groups is 2. The summed E-state index contributed by atoms with van der Waals surface area (Å²) in [6.07, 6.45) is -1.21. The average Bonchev–Trinajstić information content (AvgIpc) is 2.27. The van der Waals surface area contributed by atoms with Gasteiger partial charge >= 0.3 is 0 Å². The Hall–Kier alpha value is -1.23. The van der Waals surface area contributed by atoms with Gasteiger partial charge in [0.25, 0.3) is 0 Å². The summed E-state index contributed by atoms with van der Waals surface area (Å²) in [5.74, 6) is -0.368. The van der Waals surface area contributed by atoms with Crippen LogP contribution in [0.4, 0.5) is 0 Å². The van der Waals surface area contributed by atoms with Crippen molar-refractivity contribution in [3.63, 3.8) is 0 Å². The van der Waals surface area contributed by atoms with Gasteiger partial charge in [-0.1, -0.05) is 30.3 Å². The molecule has 1 rings (SSSR count). The number of rotatable bonds is 4. The smallest absolute Gasteiger partial charge is 0.182 e. The minimum absolute atomic E-state index is 0.368. The van der Waals surface area contributed by atoms with Crippen LogP contribution in [0.2, 0.25) is 0 Å². The molecule has 1 aromatic carbocycles. The zero-order chi connectivity index (χ0) is 10.6. The van der Waals surface area contributed by atoms with Crippen LogP contribution < -0.4 is 5.73 Å². The predicted molar refractivity (Wildman–Crippen MR) is 51.8 cm³/mol. The Kier molecular flexibility index (Phi) is 3.76. The second-order valence-electron chi connectivity index (χ2n) is 3.01. The van der Waals surface area contributed by atoms with Gasteiger partial charge in [-0.15, -0.1) is 0 Å². The van der Waals surface area contributed by atoms with Crippen LogP contribution in [0.1, 0.15) is 10.4 Å². The highest BCUT2D eigenvalue weighted by Crippen LogP contribution is 2.04. The van der Waals surface area contributed by atoms with E-state index in [1.54, 1.807) is 30.3 Å². The number of hydrogen-bond donors (Lipinski definition) is 3. The number of hydrogen-bond acceptors (Lipinski definition) is 4. The van der Waals surface area contributed by atoms with E-state index in [9.17, 15) is 4.79 Å². The van der Waals surface area contributed by atoms with Crippen LogP contribution in [-0.2, 0) is 0 Å². The normalized spacial score (nSPS) is 14.8. The topological polar surface area (TPSA) is 83.6 Å². The summed E-state index contributed by atoms with van der Waals surface area (Å²) in [6.45, 7) is -0.514. The maximum atomic E-state index is 11.5. The molecule has 0 unspecified atom stereocenters. The van der Waals surface area contributed by atoms with Crippen molar-refractivity contribution in [2.24, 2.45) is 5.73 Å². The van der Waals surface area contributed by atoms with E-state index in [1.807, 2.05) is 0 Å². The average molecular weight is 195 g/mol. The second kappa shape index (κ2) is 4.85. The monoisotopic (exact) mass is 195 g/mol. The molecular weight excluding hydrogens is 182 g/mol. The molecule has 0 heterocycles. The first kappa shape index (κ1) is 10.8. The van der Waals surface area contributed by atoms with Gasteiger partial charge in [-0.05, 0) is 0 Å². The molecule has 0 aliphatic carbocycles. The number of nitrogens with two attached hydrogens (primary N) is 1. The van der Waals surface area contributed by atoms with Crippen LogP contribution in [0.5, 0.6) is 0 Å². The first-order valence-corrected chi connectivity index (χ1v) is 4.30. The van der Waals surface area contributed by atoms with Gasteiger partial charge in [-0.3, -0.25) is 4.79 Å². The molecular formula is C10H13NO3. The molecule has 0 spiro atoms. The van der Waals surface area contributed by atoms with E-state index >= 15 is 0 Å². The Morgan fingerprint density at radius 2 is 1.93 bits per heavy atom. The summed E-state index contributed by atoms with van der Waals surface area (Å²) in [7, 11) is 0. The summed E-state index contributed by atoms with van der Waals surface area (Å²) in [6, 6.07) is 7.38. The maximum absolute atomic E-state index is 11.5. The number of Topliss-reactive ketones (excluding diaryl/α,β-unsaturated/α-hetero) is 1. The molecule has 1 aromatic rings. The van der Waals surface area contributed by atoms with Crippen molar-refractivity contribution in [2.45, 2.75) is 12.1 Å². The van der Waals surface area contributed by atoms with Crippen LogP contribution in [0.25, 0.3) is 0 Å². The van der Waals surface area contributed by atoms with Crippen LogP contribution in [0.3, 0.4) is 0 Å². The lowest BCUT2D eigenvalue weighted by Crippen LogP contribution is -2.43. The largest absolute Gasteiger partial charge is 0.394 e. The van der Waals surface area contributed by atoms with Gasteiger partial charge in [0, 0.05) is 5.56 Å². The number of carbonyl (C=O) groups is 1. The lowest BCUT2D eigenvalue weighted by Gasteiger charge is -2.14. The Balaban J connectivity index is 2.76. The Morgan fingerprint density at radius 3 is 2.43 bits per heavy atom. The molecule has 0 saturated carbocycles. The van der Waals surface area contributed by atoms with E-state index in [1.165, 1.54) is 0 Å². The molecule has 0 aliphatic heterocycles. The molecule has 0 amide bonds. The quantitative estimate of drug-likeness (QED) is 0.568. The van der Waals surface area contributed by atoms with E-state index in [0.29, 0.717) is 5.56 Å². The fraction of sp³-hybridized carbons (Fsp3) is 0.300. The fourth-order valence-corrected chi connectivity index (χ4v) is 1.08. The Bertz CT molecular complexity index is 299. The fourth-order valence-electron chi connectivity index (χ4n) is 1.08.